The minimum Gasteiger partial charge on any atom is -0.356 e. The fraction of sp³-hybridized carbons (Fsp3) is 0.316. The highest BCUT2D eigenvalue weighted by Gasteiger charge is 2.08. The molecule has 2 aromatic carbocycles. The summed E-state index contributed by atoms with van der Waals surface area (Å²) in [7, 11) is -1.94. The Morgan fingerprint density at radius 3 is 2.37 bits per heavy atom. The van der Waals surface area contributed by atoms with E-state index in [0.29, 0.717) is 18.4 Å². The average Bonchev–Trinajstić information content (AvgIpc) is 2.61. The molecule has 0 spiro atoms. The second-order valence-electron chi connectivity index (χ2n) is 6.31. The lowest BCUT2D eigenvalue weighted by atomic mass is 9.99. The van der Waals surface area contributed by atoms with Crippen molar-refractivity contribution in [2.24, 2.45) is 10.1 Å². The summed E-state index contributed by atoms with van der Waals surface area (Å²) in [6.07, 6.45) is 0. The monoisotopic (exact) mass is 502 g/mol. The summed E-state index contributed by atoms with van der Waals surface area (Å²) in [6.45, 7) is 5.54. The van der Waals surface area contributed by atoms with Crippen molar-refractivity contribution in [1.82, 2.24) is 10.6 Å². The summed E-state index contributed by atoms with van der Waals surface area (Å²) in [5.74, 6) is 1.04. The van der Waals surface area contributed by atoms with Crippen LogP contribution in [0, 0.1) is 6.92 Å². The fourth-order valence-corrected chi connectivity index (χ4v) is 3.06. The van der Waals surface area contributed by atoms with Crippen LogP contribution in [-0.2, 0) is 16.6 Å². The number of hydrogen-bond donors (Lipinski definition) is 3. The van der Waals surface area contributed by atoms with Crippen LogP contribution in [0.5, 0.6) is 0 Å². The lowest BCUT2D eigenvalue weighted by molar-refractivity contribution is 0.597. The molecule has 2 aromatic rings. The predicted octanol–water partition coefficient (Wildman–Crippen LogP) is 2.73. The number of aryl methyl sites for hydroxylation is 1. The van der Waals surface area contributed by atoms with Crippen molar-refractivity contribution in [2.45, 2.75) is 31.2 Å². The van der Waals surface area contributed by atoms with Gasteiger partial charge in [-0.15, -0.1) is 24.0 Å². The molecule has 0 aliphatic heterocycles. The lowest BCUT2D eigenvalue weighted by Crippen LogP contribution is -2.38. The zero-order valence-electron chi connectivity index (χ0n) is 15.8. The van der Waals surface area contributed by atoms with Crippen molar-refractivity contribution in [3.8, 4) is 0 Å². The van der Waals surface area contributed by atoms with Gasteiger partial charge in [0.25, 0.3) is 0 Å². The fourth-order valence-electron chi connectivity index (χ4n) is 2.55. The Labute approximate surface area is 178 Å². The van der Waals surface area contributed by atoms with Crippen LogP contribution in [0.1, 0.15) is 29.5 Å². The second kappa shape index (κ2) is 10.6. The number of hydrogen-bond acceptors (Lipinski definition) is 3. The maximum absolute atomic E-state index is 11.3. The topological polar surface area (TPSA) is 96.6 Å². The largest absolute Gasteiger partial charge is 0.356 e. The van der Waals surface area contributed by atoms with Crippen molar-refractivity contribution in [2.75, 3.05) is 13.6 Å². The third-order valence-corrected chi connectivity index (χ3v) is 5.05. The van der Waals surface area contributed by atoms with Gasteiger partial charge in [0.1, 0.15) is 0 Å². The number of rotatable bonds is 6. The number of benzene rings is 2. The number of guanidine groups is 1. The molecule has 8 heteroatoms. The second-order valence-corrected chi connectivity index (χ2v) is 7.87. The van der Waals surface area contributed by atoms with Crippen molar-refractivity contribution < 1.29 is 8.42 Å². The van der Waals surface area contributed by atoms with Gasteiger partial charge >= 0.3 is 0 Å². The number of nitrogens with one attached hydrogen (secondary N) is 2. The summed E-state index contributed by atoms with van der Waals surface area (Å²) in [4.78, 5) is 4.33. The standard InChI is InChI=1S/C19H26N4O2S.HI/c1-14-5-4-6-17(11-14)15(2)12-22-19(21-3)23-13-16-7-9-18(10-8-16)26(20,24)25;/h4-11,15H,12-13H2,1-3H3,(H2,20,24,25)(H2,21,22,23);1H. The third kappa shape index (κ3) is 7.47. The van der Waals surface area contributed by atoms with E-state index in [0.717, 1.165) is 12.1 Å². The number of nitrogens with two attached hydrogens (primary N) is 1. The molecule has 0 saturated carbocycles. The van der Waals surface area contributed by atoms with Crippen molar-refractivity contribution in [1.29, 1.82) is 0 Å². The summed E-state index contributed by atoms with van der Waals surface area (Å²) in [6, 6.07) is 14.9. The molecule has 2 rings (SSSR count). The maximum atomic E-state index is 11.3. The first-order valence-electron chi connectivity index (χ1n) is 8.42. The number of primary sulfonamides is 1. The molecule has 0 radical (unpaired) electrons. The van der Waals surface area contributed by atoms with Gasteiger partial charge in [0.15, 0.2) is 5.96 Å². The Hall–Kier alpha value is -1.65. The van der Waals surface area contributed by atoms with E-state index in [1.165, 1.54) is 23.3 Å². The van der Waals surface area contributed by atoms with E-state index in [1.807, 2.05) is 0 Å². The van der Waals surface area contributed by atoms with E-state index in [1.54, 1.807) is 19.2 Å². The van der Waals surface area contributed by atoms with Crippen LogP contribution in [0.3, 0.4) is 0 Å². The smallest absolute Gasteiger partial charge is 0.238 e. The molecule has 0 fully saturated rings. The van der Waals surface area contributed by atoms with Crippen molar-refractivity contribution >= 4 is 40.0 Å². The molecule has 0 aliphatic carbocycles. The minimum absolute atomic E-state index is 0. The molecule has 0 bridgehead atoms. The van der Waals surface area contributed by atoms with Crippen molar-refractivity contribution in [3.63, 3.8) is 0 Å². The Bertz CT molecular complexity index is 868. The summed E-state index contributed by atoms with van der Waals surface area (Å²) >= 11 is 0. The highest BCUT2D eigenvalue weighted by atomic mass is 127. The Morgan fingerprint density at radius 2 is 1.81 bits per heavy atom. The van der Waals surface area contributed by atoms with Gasteiger partial charge in [-0.3, -0.25) is 4.99 Å². The van der Waals surface area contributed by atoms with Gasteiger partial charge in [-0.05, 0) is 36.1 Å². The van der Waals surface area contributed by atoms with Gasteiger partial charge in [-0.25, -0.2) is 13.6 Å². The van der Waals surface area contributed by atoms with E-state index >= 15 is 0 Å². The first kappa shape index (κ1) is 23.4. The highest BCUT2D eigenvalue weighted by molar-refractivity contribution is 14.0. The zero-order valence-corrected chi connectivity index (χ0v) is 18.9. The lowest BCUT2D eigenvalue weighted by Gasteiger charge is -2.17. The number of nitrogens with zero attached hydrogens (tertiary/aromatic N) is 1. The Balaban J connectivity index is 0.00000364. The summed E-state index contributed by atoms with van der Waals surface area (Å²) < 4.78 is 22.6. The molecular formula is C19H27IN4O2S. The number of halogens is 1. The SMILES string of the molecule is CN=C(NCc1ccc(S(N)(=O)=O)cc1)NCC(C)c1cccc(C)c1.I. The molecular weight excluding hydrogens is 475 g/mol. The first-order chi connectivity index (χ1) is 12.3. The van der Waals surface area contributed by atoms with Crippen LogP contribution in [0.25, 0.3) is 0 Å². The summed E-state index contributed by atoms with van der Waals surface area (Å²) in [5.41, 5.74) is 3.47. The van der Waals surface area contributed by atoms with E-state index in [-0.39, 0.29) is 28.9 Å². The first-order valence-corrected chi connectivity index (χ1v) is 9.97. The average molecular weight is 502 g/mol. The van der Waals surface area contributed by atoms with Gasteiger partial charge in [-0.1, -0.05) is 48.9 Å². The van der Waals surface area contributed by atoms with E-state index < -0.39 is 10.0 Å². The van der Waals surface area contributed by atoms with Crippen LogP contribution in [0.15, 0.2) is 58.4 Å². The zero-order chi connectivity index (χ0) is 19.2. The normalized spacial score (nSPS) is 12.8. The minimum atomic E-state index is -3.66. The maximum Gasteiger partial charge on any atom is 0.238 e. The molecule has 0 saturated heterocycles. The molecule has 6 nitrogen and oxygen atoms in total. The Morgan fingerprint density at radius 1 is 1.15 bits per heavy atom. The molecule has 1 unspecified atom stereocenters. The van der Waals surface area contributed by atoms with Crippen LogP contribution < -0.4 is 15.8 Å². The Kier molecular flexibility index (Phi) is 9.20. The number of aliphatic imine (C=N–C) groups is 1. The van der Waals surface area contributed by atoms with Gasteiger partial charge in [0.2, 0.25) is 10.0 Å². The van der Waals surface area contributed by atoms with Crippen molar-refractivity contribution in [3.05, 3.63) is 65.2 Å². The number of sulfonamides is 1. The predicted molar refractivity (Wildman–Crippen MR) is 121 cm³/mol. The van der Waals surface area contributed by atoms with Crippen LogP contribution in [0.2, 0.25) is 0 Å². The van der Waals surface area contributed by atoms with Crippen LogP contribution in [-0.4, -0.2) is 28.0 Å². The van der Waals surface area contributed by atoms with Gasteiger partial charge in [0.05, 0.1) is 4.90 Å². The molecule has 27 heavy (non-hydrogen) atoms. The van der Waals surface area contributed by atoms with E-state index in [2.05, 4.69) is 53.7 Å². The molecule has 0 heterocycles. The highest BCUT2D eigenvalue weighted by Crippen LogP contribution is 2.15. The van der Waals surface area contributed by atoms with E-state index in [9.17, 15) is 8.42 Å². The van der Waals surface area contributed by atoms with Gasteiger partial charge < -0.3 is 10.6 Å². The molecule has 4 N–H and O–H groups in total. The van der Waals surface area contributed by atoms with Crippen LogP contribution >= 0.6 is 24.0 Å². The van der Waals surface area contributed by atoms with E-state index in [4.69, 9.17) is 5.14 Å². The third-order valence-electron chi connectivity index (χ3n) is 4.12. The van der Waals surface area contributed by atoms with Gasteiger partial charge in [-0.2, -0.15) is 0 Å². The van der Waals surface area contributed by atoms with Crippen LogP contribution in [0.4, 0.5) is 0 Å². The molecule has 148 valence electrons. The summed E-state index contributed by atoms with van der Waals surface area (Å²) in [5, 5.41) is 11.6. The molecule has 0 aromatic heterocycles. The molecule has 0 aliphatic rings. The van der Waals surface area contributed by atoms with Gasteiger partial charge in [0, 0.05) is 20.1 Å². The molecule has 0 amide bonds. The molecule has 1 atom stereocenters. The quantitative estimate of drug-likeness (QED) is 0.322.